The molecule has 0 fully saturated rings. The van der Waals surface area contributed by atoms with Crippen molar-refractivity contribution in [3.63, 3.8) is 0 Å². The maximum Gasteiger partial charge on any atom is 0.237 e. The molecule has 0 spiro atoms. The van der Waals surface area contributed by atoms with Gasteiger partial charge in [0, 0.05) is 18.3 Å². The highest BCUT2D eigenvalue weighted by Gasteiger charge is 2.19. The Labute approximate surface area is 156 Å². The number of nitrogens with one attached hydrogen (secondary N) is 1. The Morgan fingerprint density at radius 1 is 1.12 bits per heavy atom. The van der Waals surface area contributed by atoms with E-state index in [1.165, 1.54) is 11.8 Å². The number of aromatic nitrogens is 3. The fourth-order valence-electron chi connectivity index (χ4n) is 2.39. The van der Waals surface area contributed by atoms with Crippen molar-refractivity contribution < 1.29 is 9.53 Å². The van der Waals surface area contributed by atoms with Gasteiger partial charge in [0.2, 0.25) is 5.91 Å². The molecule has 7 heteroatoms. The summed E-state index contributed by atoms with van der Waals surface area (Å²) in [4.78, 5) is 12.4. The number of hydrogen-bond donors (Lipinski definition) is 1. The van der Waals surface area contributed by atoms with Crippen LogP contribution in [0.4, 0.5) is 5.69 Å². The normalized spacial score (nSPS) is 11.8. The van der Waals surface area contributed by atoms with Crippen LogP contribution in [0.1, 0.15) is 6.92 Å². The zero-order valence-electron chi connectivity index (χ0n) is 14.8. The number of carbonyl (C=O) groups is 1. The first kappa shape index (κ1) is 18.0. The Morgan fingerprint density at radius 3 is 2.46 bits per heavy atom. The van der Waals surface area contributed by atoms with Crippen LogP contribution in [0.15, 0.2) is 59.8 Å². The van der Waals surface area contributed by atoms with Gasteiger partial charge in [0.25, 0.3) is 0 Å². The summed E-state index contributed by atoms with van der Waals surface area (Å²) >= 11 is 1.37. The highest BCUT2D eigenvalue weighted by Crippen LogP contribution is 2.27. The third-order valence-electron chi connectivity index (χ3n) is 3.88. The number of hydrogen-bond acceptors (Lipinski definition) is 5. The number of carbonyl (C=O) groups excluding carboxylic acids is 1. The van der Waals surface area contributed by atoms with Gasteiger partial charge in [-0.05, 0) is 43.3 Å². The van der Waals surface area contributed by atoms with Crippen molar-refractivity contribution in [3.8, 4) is 17.1 Å². The molecule has 0 aliphatic heterocycles. The minimum atomic E-state index is -0.304. The van der Waals surface area contributed by atoms with E-state index in [4.69, 9.17) is 4.74 Å². The van der Waals surface area contributed by atoms with Gasteiger partial charge in [-0.15, -0.1) is 10.2 Å². The van der Waals surface area contributed by atoms with Crippen LogP contribution < -0.4 is 10.1 Å². The minimum absolute atomic E-state index is 0.0739. The van der Waals surface area contributed by atoms with E-state index in [1.807, 2.05) is 73.1 Å². The Hall–Kier alpha value is -2.80. The molecule has 3 rings (SSSR count). The van der Waals surface area contributed by atoms with E-state index in [0.717, 1.165) is 22.8 Å². The van der Waals surface area contributed by atoms with Crippen molar-refractivity contribution in [2.24, 2.45) is 7.05 Å². The predicted octanol–water partition coefficient (Wildman–Crippen LogP) is 3.61. The average Bonchev–Trinajstić information content (AvgIpc) is 3.03. The number of rotatable bonds is 6. The quantitative estimate of drug-likeness (QED) is 0.673. The van der Waals surface area contributed by atoms with E-state index >= 15 is 0 Å². The monoisotopic (exact) mass is 368 g/mol. The third-order valence-corrected chi connectivity index (χ3v) is 5.01. The van der Waals surface area contributed by atoms with E-state index < -0.39 is 0 Å². The van der Waals surface area contributed by atoms with Crippen molar-refractivity contribution in [1.82, 2.24) is 14.8 Å². The molecule has 1 heterocycles. The predicted molar refractivity (Wildman–Crippen MR) is 103 cm³/mol. The molecule has 0 aliphatic carbocycles. The van der Waals surface area contributed by atoms with Crippen LogP contribution in [-0.4, -0.2) is 33.0 Å². The highest BCUT2D eigenvalue weighted by atomic mass is 32.2. The molecule has 0 saturated heterocycles. The van der Waals surface area contributed by atoms with E-state index in [0.29, 0.717) is 5.16 Å². The summed E-state index contributed by atoms with van der Waals surface area (Å²) in [7, 11) is 3.53. The topological polar surface area (TPSA) is 69.0 Å². The van der Waals surface area contributed by atoms with Gasteiger partial charge in [-0.2, -0.15) is 0 Å². The van der Waals surface area contributed by atoms with Gasteiger partial charge >= 0.3 is 0 Å². The van der Waals surface area contributed by atoms with Crippen LogP contribution in [0.2, 0.25) is 0 Å². The van der Waals surface area contributed by atoms with Crippen molar-refractivity contribution in [2.45, 2.75) is 17.3 Å². The molecule has 0 radical (unpaired) electrons. The van der Waals surface area contributed by atoms with E-state index in [-0.39, 0.29) is 11.2 Å². The fraction of sp³-hybridized carbons (Fsp3) is 0.211. The lowest BCUT2D eigenvalue weighted by molar-refractivity contribution is -0.115. The second-order valence-corrected chi connectivity index (χ2v) is 7.02. The molecule has 1 aromatic heterocycles. The summed E-state index contributed by atoms with van der Waals surface area (Å²) in [5.41, 5.74) is 1.72. The zero-order valence-corrected chi connectivity index (χ0v) is 15.7. The minimum Gasteiger partial charge on any atom is -0.497 e. The summed E-state index contributed by atoms with van der Waals surface area (Å²) in [5, 5.41) is 11.8. The Bertz CT molecular complexity index is 878. The first-order chi connectivity index (χ1) is 12.6. The van der Waals surface area contributed by atoms with Gasteiger partial charge in [0.1, 0.15) is 5.75 Å². The van der Waals surface area contributed by atoms with Crippen LogP contribution in [0.25, 0.3) is 11.4 Å². The molecule has 1 N–H and O–H groups in total. The lowest BCUT2D eigenvalue weighted by Crippen LogP contribution is -2.22. The highest BCUT2D eigenvalue weighted by molar-refractivity contribution is 8.00. The average molecular weight is 368 g/mol. The van der Waals surface area contributed by atoms with Crippen molar-refractivity contribution in [3.05, 3.63) is 54.6 Å². The fourth-order valence-corrected chi connectivity index (χ4v) is 3.20. The maximum atomic E-state index is 12.4. The van der Waals surface area contributed by atoms with Crippen molar-refractivity contribution in [1.29, 1.82) is 0 Å². The van der Waals surface area contributed by atoms with Crippen LogP contribution >= 0.6 is 11.8 Å². The molecule has 3 aromatic rings. The number of thioether (sulfide) groups is 1. The van der Waals surface area contributed by atoms with Gasteiger partial charge < -0.3 is 14.6 Å². The first-order valence-corrected chi connectivity index (χ1v) is 9.03. The lowest BCUT2D eigenvalue weighted by atomic mass is 10.2. The van der Waals surface area contributed by atoms with E-state index in [9.17, 15) is 4.79 Å². The Kier molecular flexibility index (Phi) is 5.58. The number of nitrogens with zero attached hydrogens (tertiary/aromatic N) is 3. The molecule has 26 heavy (non-hydrogen) atoms. The second kappa shape index (κ2) is 8.05. The number of amides is 1. The molecular formula is C19H20N4O2S. The van der Waals surface area contributed by atoms with Crippen LogP contribution in [0, 0.1) is 0 Å². The molecular weight excluding hydrogens is 348 g/mol. The molecule has 2 aromatic carbocycles. The summed E-state index contributed by atoms with van der Waals surface area (Å²) in [6, 6.07) is 17.0. The second-order valence-electron chi connectivity index (χ2n) is 5.71. The molecule has 1 unspecified atom stereocenters. The first-order valence-electron chi connectivity index (χ1n) is 8.15. The molecule has 0 saturated carbocycles. The van der Waals surface area contributed by atoms with Crippen LogP contribution in [0.5, 0.6) is 5.75 Å². The number of benzene rings is 2. The van der Waals surface area contributed by atoms with Crippen molar-refractivity contribution >= 4 is 23.4 Å². The van der Waals surface area contributed by atoms with Gasteiger partial charge in [-0.1, -0.05) is 30.0 Å². The molecule has 1 amide bonds. The van der Waals surface area contributed by atoms with Crippen molar-refractivity contribution in [2.75, 3.05) is 12.4 Å². The molecule has 6 nitrogen and oxygen atoms in total. The standard InChI is InChI=1S/C19H20N4O2S/c1-13(18(24)20-15-7-5-4-6-8-15)26-19-22-21-17(23(19)2)14-9-11-16(25-3)12-10-14/h4-13H,1-3H3,(H,20,24). The van der Waals surface area contributed by atoms with Gasteiger partial charge in [-0.3, -0.25) is 4.79 Å². The van der Waals surface area contributed by atoms with Gasteiger partial charge in [0.05, 0.1) is 12.4 Å². The number of para-hydroxylation sites is 1. The van der Waals surface area contributed by atoms with E-state index in [2.05, 4.69) is 15.5 Å². The zero-order chi connectivity index (χ0) is 18.5. The van der Waals surface area contributed by atoms with Crippen LogP contribution in [0.3, 0.4) is 0 Å². The summed E-state index contributed by atoms with van der Waals surface area (Å²) in [6.45, 7) is 1.85. The number of methoxy groups -OCH3 is 1. The number of ether oxygens (including phenoxy) is 1. The lowest BCUT2D eigenvalue weighted by Gasteiger charge is -2.11. The molecule has 0 aliphatic rings. The van der Waals surface area contributed by atoms with Gasteiger partial charge in [0.15, 0.2) is 11.0 Å². The Morgan fingerprint density at radius 2 is 1.81 bits per heavy atom. The molecule has 134 valence electrons. The summed E-state index contributed by atoms with van der Waals surface area (Å²) in [5.74, 6) is 1.46. The SMILES string of the molecule is COc1ccc(-c2nnc(SC(C)C(=O)Nc3ccccc3)n2C)cc1. The smallest absolute Gasteiger partial charge is 0.237 e. The molecule has 0 bridgehead atoms. The number of anilines is 1. The van der Waals surface area contributed by atoms with E-state index in [1.54, 1.807) is 7.11 Å². The van der Waals surface area contributed by atoms with Gasteiger partial charge in [-0.25, -0.2) is 0 Å². The third kappa shape index (κ3) is 4.05. The summed E-state index contributed by atoms with van der Waals surface area (Å²) in [6.07, 6.45) is 0. The molecule has 1 atom stereocenters. The van der Waals surface area contributed by atoms with Crippen LogP contribution in [-0.2, 0) is 11.8 Å². The Balaban J connectivity index is 1.70. The summed E-state index contributed by atoms with van der Waals surface area (Å²) < 4.78 is 7.06. The largest absolute Gasteiger partial charge is 0.497 e. The maximum absolute atomic E-state index is 12.4.